The van der Waals surface area contributed by atoms with Crippen LogP contribution in [0.5, 0.6) is 0 Å². The molecule has 0 fully saturated rings. The summed E-state index contributed by atoms with van der Waals surface area (Å²) in [6.45, 7) is 2.12. The predicted molar refractivity (Wildman–Crippen MR) is 102 cm³/mol. The minimum atomic E-state index is -2.91. The van der Waals surface area contributed by atoms with E-state index in [-0.39, 0.29) is 6.04 Å². The molecule has 2 nitrogen and oxygen atoms in total. The first kappa shape index (κ1) is 16.7. The van der Waals surface area contributed by atoms with Crippen molar-refractivity contribution >= 4 is 17.9 Å². The van der Waals surface area contributed by atoms with E-state index in [0.29, 0.717) is 0 Å². The minimum Gasteiger partial charge on any atom is -0.297 e. The highest BCUT2D eigenvalue weighted by atomic mass is 31.2. The average Bonchev–Trinajstić information content (AvgIpc) is 2.68. The van der Waals surface area contributed by atoms with Crippen LogP contribution in [0.25, 0.3) is 0 Å². The third-order valence-corrected chi connectivity index (χ3v) is 6.91. The molecule has 0 spiro atoms. The highest BCUT2D eigenvalue weighted by Crippen LogP contribution is 2.42. The third-order valence-electron chi connectivity index (χ3n) is 4.19. The van der Waals surface area contributed by atoms with Crippen LogP contribution < -0.4 is 15.7 Å². The average molecular weight is 335 g/mol. The Morgan fingerprint density at radius 3 is 1.58 bits per heavy atom. The molecule has 0 unspecified atom stereocenters. The standard InChI is InChI=1S/C21H22NOP/c1-2-21(18-12-6-3-7-13-18)22-24(23,19-14-8-4-9-15-19)20-16-10-5-11-17-20/h3-17,21H,2H2,1H3,(H,22,23)/t21-/m1/s1. The normalized spacial score (nSPS) is 12.7. The van der Waals surface area contributed by atoms with E-state index in [1.807, 2.05) is 78.9 Å². The molecule has 3 aromatic rings. The van der Waals surface area contributed by atoms with Gasteiger partial charge in [0, 0.05) is 16.7 Å². The molecule has 3 heteroatoms. The van der Waals surface area contributed by atoms with Crippen LogP contribution >= 0.6 is 7.29 Å². The maximum absolute atomic E-state index is 14.0. The van der Waals surface area contributed by atoms with Gasteiger partial charge in [0.25, 0.3) is 0 Å². The molecule has 0 bridgehead atoms. The third kappa shape index (κ3) is 3.51. The molecule has 0 aromatic heterocycles. The van der Waals surface area contributed by atoms with E-state index in [2.05, 4.69) is 24.1 Å². The van der Waals surface area contributed by atoms with Crippen molar-refractivity contribution in [2.45, 2.75) is 19.4 Å². The van der Waals surface area contributed by atoms with E-state index in [1.54, 1.807) is 0 Å². The molecule has 0 radical (unpaired) electrons. The Balaban J connectivity index is 2.04. The summed E-state index contributed by atoms with van der Waals surface area (Å²) in [4.78, 5) is 0. The lowest BCUT2D eigenvalue weighted by Crippen LogP contribution is -2.30. The van der Waals surface area contributed by atoms with Crippen LogP contribution in [0.15, 0.2) is 91.0 Å². The van der Waals surface area contributed by atoms with Crippen LogP contribution in [0.3, 0.4) is 0 Å². The lowest BCUT2D eigenvalue weighted by atomic mass is 10.1. The Bertz CT molecular complexity index is 760. The largest absolute Gasteiger partial charge is 0.297 e. The van der Waals surface area contributed by atoms with E-state index in [1.165, 1.54) is 0 Å². The summed E-state index contributed by atoms with van der Waals surface area (Å²) >= 11 is 0. The zero-order valence-corrected chi connectivity index (χ0v) is 14.7. The van der Waals surface area contributed by atoms with Crippen molar-refractivity contribution < 1.29 is 4.57 Å². The van der Waals surface area contributed by atoms with Gasteiger partial charge in [-0.15, -0.1) is 0 Å². The molecule has 0 aliphatic carbocycles. The van der Waals surface area contributed by atoms with E-state index in [4.69, 9.17) is 0 Å². The van der Waals surface area contributed by atoms with Gasteiger partial charge in [0.2, 0.25) is 7.29 Å². The first-order valence-electron chi connectivity index (χ1n) is 8.28. The molecule has 1 atom stereocenters. The lowest BCUT2D eigenvalue weighted by Gasteiger charge is -2.26. The van der Waals surface area contributed by atoms with Gasteiger partial charge in [-0.3, -0.25) is 9.65 Å². The molecule has 0 aliphatic rings. The summed E-state index contributed by atoms with van der Waals surface area (Å²) in [6.07, 6.45) is 0.869. The highest BCUT2D eigenvalue weighted by Gasteiger charge is 2.29. The number of benzene rings is 3. The molecule has 0 aliphatic heterocycles. The Morgan fingerprint density at radius 1 is 0.750 bits per heavy atom. The molecule has 1 N–H and O–H groups in total. The number of hydrogen-bond acceptors (Lipinski definition) is 1. The van der Waals surface area contributed by atoms with Crippen molar-refractivity contribution in [1.82, 2.24) is 5.09 Å². The van der Waals surface area contributed by atoms with E-state index in [0.717, 1.165) is 22.6 Å². The Labute approximate surface area is 144 Å². The van der Waals surface area contributed by atoms with Gasteiger partial charge in [0.05, 0.1) is 0 Å². The fourth-order valence-electron chi connectivity index (χ4n) is 2.88. The molecule has 0 saturated carbocycles. The van der Waals surface area contributed by atoms with Gasteiger partial charge in [-0.1, -0.05) is 73.7 Å². The molecular weight excluding hydrogens is 313 g/mol. The van der Waals surface area contributed by atoms with Gasteiger partial charge >= 0.3 is 0 Å². The zero-order valence-electron chi connectivity index (χ0n) is 13.8. The fourth-order valence-corrected chi connectivity index (χ4v) is 5.43. The maximum atomic E-state index is 14.0. The topological polar surface area (TPSA) is 29.1 Å². The Hall–Kier alpha value is -2.15. The summed E-state index contributed by atoms with van der Waals surface area (Å²) in [7, 11) is -2.91. The number of hydrogen-bond donors (Lipinski definition) is 1. The van der Waals surface area contributed by atoms with Gasteiger partial charge in [0.1, 0.15) is 0 Å². The van der Waals surface area contributed by atoms with Crippen LogP contribution in [0.2, 0.25) is 0 Å². The van der Waals surface area contributed by atoms with Crippen molar-refractivity contribution in [2.24, 2.45) is 0 Å². The summed E-state index contributed by atoms with van der Waals surface area (Å²) in [5.41, 5.74) is 1.16. The predicted octanol–water partition coefficient (Wildman–Crippen LogP) is 4.66. The van der Waals surface area contributed by atoms with E-state index >= 15 is 0 Å². The number of rotatable bonds is 6. The van der Waals surface area contributed by atoms with Crippen molar-refractivity contribution in [1.29, 1.82) is 0 Å². The lowest BCUT2D eigenvalue weighted by molar-refractivity contribution is 0.555. The van der Waals surface area contributed by atoms with E-state index < -0.39 is 7.29 Å². The summed E-state index contributed by atoms with van der Waals surface area (Å²) < 4.78 is 14.0. The smallest absolute Gasteiger partial charge is 0.205 e. The van der Waals surface area contributed by atoms with Gasteiger partial charge in [-0.25, -0.2) is 0 Å². The van der Waals surface area contributed by atoms with Gasteiger partial charge in [-0.2, -0.15) is 0 Å². The van der Waals surface area contributed by atoms with Gasteiger partial charge in [0.15, 0.2) is 0 Å². The molecule has 3 aromatic carbocycles. The second kappa shape index (κ2) is 7.61. The quantitative estimate of drug-likeness (QED) is 0.664. The van der Waals surface area contributed by atoms with Crippen LogP contribution in [0.4, 0.5) is 0 Å². The second-order valence-corrected chi connectivity index (χ2v) is 8.29. The van der Waals surface area contributed by atoms with Gasteiger partial charge < -0.3 is 0 Å². The van der Waals surface area contributed by atoms with Crippen LogP contribution in [0.1, 0.15) is 24.9 Å². The molecule has 0 heterocycles. The summed E-state index contributed by atoms with van der Waals surface area (Å²) in [5, 5.41) is 5.16. The summed E-state index contributed by atoms with van der Waals surface area (Å²) in [5.74, 6) is 0. The van der Waals surface area contributed by atoms with Crippen LogP contribution in [-0.2, 0) is 4.57 Å². The summed E-state index contributed by atoms with van der Waals surface area (Å²) in [6, 6.07) is 29.7. The molecule has 3 rings (SSSR count). The van der Waals surface area contributed by atoms with Crippen molar-refractivity contribution in [3.63, 3.8) is 0 Å². The van der Waals surface area contributed by atoms with Crippen molar-refractivity contribution in [3.8, 4) is 0 Å². The molecular formula is C21H22NOP. The first-order chi connectivity index (χ1) is 11.7. The monoisotopic (exact) mass is 335 g/mol. The highest BCUT2D eigenvalue weighted by molar-refractivity contribution is 7.76. The van der Waals surface area contributed by atoms with Crippen LogP contribution in [0, 0.1) is 0 Å². The molecule has 24 heavy (non-hydrogen) atoms. The Kier molecular flexibility index (Phi) is 5.30. The zero-order chi connectivity index (χ0) is 16.8. The van der Waals surface area contributed by atoms with Crippen molar-refractivity contribution in [2.75, 3.05) is 0 Å². The number of nitrogens with one attached hydrogen (secondary N) is 1. The molecule has 0 saturated heterocycles. The molecule has 0 amide bonds. The minimum absolute atomic E-state index is 0.0393. The second-order valence-electron chi connectivity index (χ2n) is 5.78. The van der Waals surface area contributed by atoms with Crippen LogP contribution in [-0.4, -0.2) is 0 Å². The SMILES string of the molecule is CC[C@@H](NP(=O)(c1ccccc1)c1ccccc1)c1ccccc1. The maximum Gasteiger partial charge on any atom is 0.205 e. The fraction of sp³-hybridized carbons (Fsp3) is 0.143. The Morgan fingerprint density at radius 2 is 1.17 bits per heavy atom. The van der Waals surface area contributed by atoms with Crippen molar-refractivity contribution in [3.05, 3.63) is 96.6 Å². The van der Waals surface area contributed by atoms with E-state index in [9.17, 15) is 4.57 Å². The van der Waals surface area contributed by atoms with Gasteiger partial charge in [-0.05, 0) is 36.2 Å². The molecule has 122 valence electrons. The first-order valence-corrected chi connectivity index (χ1v) is 9.98.